The molecule has 2 aliphatic rings. The molecule has 0 spiro atoms. The molecule has 10 heteroatoms. The molecule has 6 rings (SSSR count). The summed E-state index contributed by atoms with van der Waals surface area (Å²) in [5.74, 6) is 0.842. The molecule has 1 aliphatic heterocycles. The molecule has 3 atom stereocenters. The molecule has 1 fully saturated rings. The molecule has 1 saturated carbocycles. The van der Waals surface area contributed by atoms with E-state index in [-0.39, 0.29) is 41.9 Å². The van der Waals surface area contributed by atoms with Crippen molar-refractivity contribution < 1.29 is 9.59 Å². The summed E-state index contributed by atoms with van der Waals surface area (Å²) in [6, 6.07) is 21.6. The maximum atomic E-state index is 14.4. The highest BCUT2D eigenvalue weighted by Gasteiger charge is 2.36. The molecule has 0 radical (unpaired) electrons. The van der Waals surface area contributed by atoms with Crippen molar-refractivity contribution in [3.63, 3.8) is 0 Å². The minimum absolute atomic E-state index is 0.100. The van der Waals surface area contributed by atoms with Crippen LogP contribution in [0.5, 0.6) is 0 Å². The van der Waals surface area contributed by atoms with Crippen LogP contribution < -0.4 is 16.2 Å². The summed E-state index contributed by atoms with van der Waals surface area (Å²) >= 11 is 12.3. The van der Waals surface area contributed by atoms with E-state index in [0.29, 0.717) is 56.4 Å². The first-order valence-electron chi connectivity index (χ1n) is 15.2. The van der Waals surface area contributed by atoms with Crippen molar-refractivity contribution in [2.75, 3.05) is 12.4 Å². The van der Waals surface area contributed by atoms with Crippen molar-refractivity contribution in [1.82, 2.24) is 19.8 Å². The standard InChI is InChI=1S/C35H35Cl2N5O3/c1-20-17-27-30(19-41(20)33(44)25-13-16-28(36)29(37)18-25)39-35(40-31(21(2)22-9-10-22)23-7-5-4-6-8-23)42(34(27)45)26-14-11-24(12-15-26)32(43)38-3/h4-8,11-16,18,20-22,31H,9-10,17,19H2,1-3H3,(H,38,43)(H,39,40)/t20-,21+,31?/m1/s1. The highest BCUT2D eigenvalue weighted by Crippen LogP contribution is 2.44. The van der Waals surface area contributed by atoms with Crippen molar-refractivity contribution >= 4 is 41.0 Å². The third kappa shape index (κ3) is 6.22. The topological polar surface area (TPSA) is 96.3 Å². The predicted molar refractivity (Wildman–Crippen MR) is 177 cm³/mol. The Hall–Kier alpha value is -4.14. The Kier molecular flexibility index (Phi) is 8.71. The minimum Gasteiger partial charge on any atom is -0.355 e. The van der Waals surface area contributed by atoms with Gasteiger partial charge < -0.3 is 15.5 Å². The summed E-state index contributed by atoms with van der Waals surface area (Å²) in [6.07, 6.45) is 2.67. The van der Waals surface area contributed by atoms with Crippen LogP contribution in [0.4, 0.5) is 5.95 Å². The highest BCUT2D eigenvalue weighted by molar-refractivity contribution is 6.42. The van der Waals surface area contributed by atoms with E-state index in [1.165, 1.54) is 12.8 Å². The van der Waals surface area contributed by atoms with Crippen molar-refractivity contribution in [2.24, 2.45) is 11.8 Å². The van der Waals surface area contributed by atoms with E-state index in [9.17, 15) is 14.4 Å². The van der Waals surface area contributed by atoms with Crippen LogP contribution in [-0.4, -0.2) is 39.4 Å². The Balaban J connectivity index is 1.45. The Morgan fingerprint density at radius 2 is 1.64 bits per heavy atom. The van der Waals surface area contributed by atoms with Gasteiger partial charge >= 0.3 is 0 Å². The number of nitrogens with one attached hydrogen (secondary N) is 2. The highest BCUT2D eigenvalue weighted by atomic mass is 35.5. The second-order valence-corrected chi connectivity index (χ2v) is 12.8. The first-order chi connectivity index (χ1) is 21.7. The second kappa shape index (κ2) is 12.7. The number of aromatic nitrogens is 2. The Morgan fingerprint density at radius 3 is 2.29 bits per heavy atom. The number of nitrogens with zero attached hydrogens (tertiary/aromatic N) is 3. The van der Waals surface area contributed by atoms with Crippen molar-refractivity contribution in [1.29, 1.82) is 0 Å². The Bertz CT molecular complexity index is 1800. The van der Waals surface area contributed by atoms with Gasteiger partial charge in [0.05, 0.1) is 34.0 Å². The van der Waals surface area contributed by atoms with Crippen LogP contribution >= 0.6 is 23.2 Å². The quantitative estimate of drug-likeness (QED) is 0.223. The number of amides is 2. The van der Waals surface area contributed by atoms with Crippen LogP contribution in [0.25, 0.3) is 5.69 Å². The first kappa shape index (κ1) is 30.9. The average molecular weight is 645 g/mol. The molecule has 1 aliphatic carbocycles. The summed E-state index contributed by atoms with van der Waals surface area (Å²) in [7, 11) is 1.58. The molecule has 8 nitrogen and oxygen atoms in total. The van der Waals surface area contributed by atoms with Crippen LogP contribution in [-0.2, 0) is 13.0 Å². The number of anilines is 1. The van der Waals surface area contributed by atoms with E-state index in [0.717, 1.165) is 5.56 Å². The zero-order valence-electron chi connectivity index (χ0n) is 25.4. The fourth-order valence-electron chi connectivity index (χ4n) is 6.18. The monoisotopic (exact) mass is 643 g/mol. The molecule has 3 aromatic carbocycles. The molecule has 0 bridgehead atoms. The summed E-state index contributed by atoms with van der Waals surface area (Å²) < 4.78 is 1.60. The number of carbonyl (C=O) groups excluding carboxylic acids is 2. The maximum Gasteiger partial charge on any atom is 0.263 e. The van der Waals surface area contributed by atoms with Crippen LogP contribution in [0.15, 0.2) is 77.6 Å². The zero-order chi connectivity index (χ0) is 31.8. The van der Waals surface area contributed by atoms with Gasteiger partial charge in [0.25, 0.3) is 17.4 Å². The molecule has 2 heterocycles. The van der Waals surface area contributed by atoms with E-state index in [4.69, 9.17) is 28.2 Å². The van der Waals surface area contributed by atoms with Gasteiger partial charge in [-0.3, -0.25) is 14.4 Å². The Morgan fingerprint density at radius 1 is 0.956 bits per heavy atom. The van der Waals surface area contributed by atoms with E-state index < -0.39 is 0 Å². The molecule has 0 saturated heterocycles. The molecular weight excluding hydrogens is 609 g/mol. The maximum absolute atomic E-state index is 14.4. The van der Waals surface area contributed by atoms with Gasteiger partial charge in [-0.1, -0.05) is 60.5 Å². The van der Waals surface area contributed by atoms with Gasteiger partial charge in [-0.2, -0.15) is 0 Å². The van der Waals surface area contributed by atoms with Gasteiger partial charge in [-0.15, -0.1) is 0 Å². The van der Waals surface area contributed by atoms with E-state index in [1.54, 1.807) is 59.0 Å². The summed E-state index contributed by atoms with van der Waals surface area (Å²) in [5.41, 5.74) is 3.53. The molecular formula is C35H35Cl2N5O3. The lowest BCUT2D eigenvalue weighted by molar-refractivity contribution is 0.0653. The number of benzene rings is 3. The van der Waals surface area contributed by atoms with Gasteiger partial charge in [0.15, 0.2) is 0 Å². The third-order valence-corrected chi connectivity index (χ3v) is 9.73. The smallest absolute Gasteiger partial charge is 0.263 e. The number of hydrogen-bond donors (Lipinski definition) is 2. The molecule has 1 aromatic heterocycles. The lowest BCUT2D eigenvalue weighted by Crippen LogP contribution is -2.46. The largest absolute Gasteiger partial charge is 0.355 e. The first-order valence-corrected chi connectivity index (χ1v) is 16.0. The molecule has 2 N–H and O–H groups in total. The van der Waals surface area contributed by atoms with E-state index in [1.807, 2.05) is 25.1 Å². The number of hydrogen-bond acceptors (Lipinski definition) is 5. The lowest BCUT2D eigenvalue weighted by Gasteiger charge is -2.35. The van der Waals surface area contributed by atoms with Gasteiger partial charge in [0.1, 0.15) is 0 Å². The van der Waals surface area contributed by atoms with Crippen LogP contribution in [0.3, 0.4) is 0 Å². The van der Waals surface area contributed by atoms with Crippen molar-refractivity contribution in [3.05, 3.63) is 121 Å². The van der Waals surface area contributed by atoms with Crippen molar-refractivity contribution in [2.45, 2.75) is 51.7 Å². The number of fused-ring (bicyclic) bond motifs is 1. The summed E-state index contributed by atoms with van der Waals surface area (Å²) in [5, 5.41) is 6.98. The summed E-state index contributed by atoms with van der Waals surface area (Å²) in [4.78, 5) is 47.1. The van der Waals surface area contributed by atoms with Gasteiger partial charge in [-0.05, 0) is 86.1 Å². The molecule has 4 aromatic rings. The number of rotatable bonds is 8. The van der Waals surface area contributed by atoms with Gasteiger partial charge in [0, 0.05) is 29.8 Å². The third-order valence-electron chi connectivity index (χ3n) is 8.99. The van der Waals surface area contributed by atoms with Gasteiger partial charge in [-0.25, -0.2) is 9.55 Å². The SMILES string of the molecule is CNC(=O)c1ccc(-n2c(NC(c3ccccc3)[C@@H](C)C3CC3)nc3c(c2=O)C[C@@H](C)N(C(=O)c2ccc(Cl)c(Cl)c2)C3)cc1. The number of halogens is 2. The van der Waals surface area contributed by atoms with Crippen LogP contribution in [0.1, 0.15) is 70.3 Å². The summed E-state index contributed by atoms with van der Waals surface area (Å²) in [6.45, 7) is 4.33. The fraction of sp³-hybridized carbons (Fsp3) is 0.314. The van der Waals surface area contributed by atoms with Gasteiger partial charge in [0.2, 0.25) is 5.95 Å². The van der Waals surface area contributed by atoms with Crippen LogP contribution in [0, 0.1) is 11.8 Å². The minimum atomic E-state index is -0.260. The normalized spacial score (nSPS) is 17.3. The molecule has 45 heavy (non-hydrogen) atoms. The Labute approximate surface area is 272 Å². The zero-order valence-corrected chi connectivity index (χ0v) is 26.9. The number of carbonyl (C=O) groups is 2. The average Bonchev–Trinajstić information content (AvgIpc) is 3.91. The molecule has 2 amide bonds. The van der Waals surface area contributed by atoms with E-state index in [2.05, 4.69) is 29.7 Å². The predicted octanol–water partition coefficient (Wildman–Crippen LogP) is 6.69. The van der Waals surface area contributed by atoms with Crippen molar-refractivity contribution in [3.8, 4) is 5.69 Å². The lowest BCUT2D eigenvalue weighted by atomic mass is 9.90. The molecule has 1 unspecified atom stereocenters. The van der Waals surface area contributed by atoms with E-state index >= 15 is 0 Å². The molecule has 232 valence electrons. The fourth-order valence-corrected chi connectivity index (χ4v) is 6.48. The second-order valence-electron chi connectivity index (χ2n) is 12.0. The van der Waals surface area contributed by atoms with Crippen LogP contribution in [0.2, 0.25) is 10.0 Å².